The Balaban J connectivity index is 1.70. The van der Waals surface area contributed by atoms with E-state index in [0.717, 1.165) is 28.3 Å². The Hall–Kier alpha value is -2.60. The number of methoxy groups -OCH3 is 1. The molecule has 5 nitrogen and oxygen atoms in total. The summed E-state index contributed by atoms with van der Waals surface area (Å²) in [4.78, 5) is 13.0. The molecule has 1 atom stereocenters. The van der Waals surface area contributed by atoms with E-state index < -0.39 is 0 Å². The second kappa shape index (κ2) is 8.39. The number of hydrogen-bond donors (Lipinski definition) is 2. The number of anilines is 1. The molecule has 1 aliphatic rings. The van der Waals surface area contributed by atoms with Gasteiger partial charge >= 0.3 is 0 Å². The van der Waals surface area contributed by atoms with E-state index in [1.807, 2.05) is 69.3 Å². The van der Waals surface area contributed by atoms with Gasteiger partial charge in [-0.2, -0.15) is 0 Å². The van der Waals surface area contributed by atoms with Crippen LogP contribution in [-0.2, 0) is 4.79 Å². The Morgan fingerprint density at radius 1 is 1.19 bits per heavy atom. The smallest absolute Gasteiger partial charge is 0.260 e. The molecule has 2 aromatic carbocycles. The van der Waals surface area contributed by atoms with E-state index in [1.165, 1.54) is 11.8 Å². The van der Waals surface area contributed by atoms with Crippen LogP contribution < -0.4 is 20.1 Å². The van der Waals surface area contributed by atoms with Crippen LogP contribution in [0.3, 0.4) is 0 Å². The fraction of sp³-hybridized carbons (Fsp3) is 0.286. The molecule has 0 radical (unpaired) electrons. The fourth-order valence-corrected chi connectivity index (χ4v) is 3.68. The van der Waals surface area contributed by atoms with Gasteiger partial charge in [0.25, 0.3) is 5.91 Å². The molecule has 2 N–H and O–H groups in total. The van der Waals surface area contributed by atoms with Crippen molar-refractivity contribution in [3.8, 4) is 11.5 Å². The largest absolute Gasteiger partial charge is 0.495 e. The molecule has 2 aromatic rings. The molecular weight excluding hydrogens is 360 g/mol. The van der Waals surface area contributed by atoms with Crippen molar-refractivity contribution in [2.45, 2.75) is 32.4 Å². The van der Waals surface area contributed by atoms with Crippen LogP contribution in [0.15, 0.2) is 47.4 Å². The molecular formula is C21H24N2O3S. The van der Waals surface area contributed by atoms with Gasteiger partial charge in [0.1, 0.15) is 11.5 Å². The van der Waals surface area contributed by atoms with E-state index in [4.69, 9.17) is 9.47 Å². The van der Waals surface area contributed by atoms with Gasteiger partial charge in [0.2, 0.25) is 0 Å². The SMILES string of the molecule is COc1ccc(C)cc1NC1NC(=O)/C(=C/c2ccc(OC(C)C)cc2)S1. The van der Waals surface area contributed by atoms with Crippen LogP contribution in [0.5, 0.6) is 11.5 Å². The van der Waals surface area contributed by atoms with Crippen LogP contribution in [0.4, 0.5) is 5.69 Å². The zero-order valence-corrected chi connectivity index (χ0v) is 16.7. The number of aryl methyl sites for hydroxylation is 1. The maximum absolute atomic E-state index is 12.3. The summed E-state index contributed by atoms with van der Waals surface area (Å²) in [5.41, 5.74) is 2.68. The maximum atomic E-state index is 12.3. The molecule has 1 amide bonds. The predicted molar refractivity (Wildman–Crippen MR) is 111 cm³/mol. The Kier molecular flexibility index (Phi) is 5.96. The number of amides is 1. The molecule has 1 aliphatic heterocycles. The zero-order chi connectivity index (χ0) is 19.4. The van der Waals surface area contributed by atoms with Crippen LogP contribution in [-0.4, -0.2) is 24.6 Å². The summed E-state index contributed by atoms with van der Waals surface area (Å²) in [7, 11) is 1.63. The first-order chi connectivity index (χ1) is 12.9. The molecule has 0 bridgehead atoms. The molecule has 0 spiro atoms. The minimum atomic E-state index is -0.247. The summed E-state index contributed by atoms with van der Waals surface area (Å²) in [6.45, 7) is 6.00. The molecule has 142 valence electrons. The van der Waals surface area contributed by atoms with Crippen molar-refractivity contribution in [1.82, 2.24) is 5.32 Å². The highest BCUT2D eigenvalue weighted by Crippen LogP contribution is 2.33. The summed E-state index contributed by atoms with van der Waals surface area (Å²) in [6, 6.07) is 13.6. The molecule has 3 rings (SSSR count). The second-order valence-corrected chi connectivity index (χ2v) is 7.71. The standard InChI is InChI=1S/C21H24N2O3S/c1-13(2)26-16-8-6-15(7-9-16)12-19-20(24)23-21(27-19)22-17-11-14(3)5-10-18(17)25-4/h5-13,21-22H,1-4H3,(H,23,24)/b19-12-. The van der Waals surface area contributed by atoms with Crippen LogP contribution >= 0.6 is 11.8 Å². The third-order valence-electron chi connectivity index (χ3n) is 3.92. The quantitative estimate of drug-likeness (QED) is 0.724. The number of thioether (sulfide) groups is 1. The number of benzene rings is 2. The third kappa shape index (κ3) is 4.98. The number of rotatable bonds is 6. The average Bonchev–Trinajstić information content (AvgIpc) is 2.95. The lowest BCUT2D eigenvalue weighted by Crippen LogP contribution is -2.31. The van der Waals surface area contributed by atoms with Gasteiger partial charge in [-0.15, -0.1) is 0 Å². The lowest BCUT2D eigenvalue weighted by molar-refractivity contribution is -0.116. The monoisotopic (exact) mass is 384 g/mol. The third-order valence-corrected chi connectivity index (χ3v) is 4.95. The maximum Gasteiger partial charge on any atom is 0.260 e. The van der Waals surface area contributed by atoms with Crippen molar-refractivity contribution in [3.05, 3.63) is 58.5 Å². The minimum Gasteiger partial charge on any atom is -0.495 e. The normalized spacial score (nSPS) is 17.9. The zero-order valence-electron chi connectivity index (χ0n) is 15.9. The summed E-state index contributed by atoms with van der Waals surface area (Å²) >= 11 is 1.45. The summed E-state index contributed by atoms with van der Waals surface area (Å²) in [5.74, 6) is 1.47. The van der Waals surface area contributed by atoms with Gasteiger partial charge in [-0.05, 0) is 62.2 Å². The van der Waals surface area contributed by atoms with E-state index in [0.29, 0.717) is 4.91 Å². The number of hydrogen-bond acceptors (Lipinski definition) is 5. The van der Waals surface area contributed by atoms with E-state index in [9.17, 15) is 4.79 Å². The fourth-order valence-electron chi connectivity index (χ4n) is 2.71. The lowest BCUT2D eigenvalue weighted by atomic mass is 10.2. The van der Waals surface area contributed by atoms with Crippen LogP contribution in [0, 0.1) is 6.92 Å². The van der Waals surface area contributed by atoms with Crippen molar-refractivity contribution in [1.29, 1.82) is 0 Å². The molecule has 1 saturated heterocycles. The molecule has 0 aliphatic carbocycles. The van der Waals surface area contributed by atoms with Gasteiger partial charge in [-0.25, -0.2) is 0 Å². The summed E-state index contributed by atoms with van der Waals surface area (Å²) in [6.07, 6.45) is 2.02. The van der Waals surface area contributed by atoms with Gasteiger partial charge < -0.3 is 20.1 Å². The van der Waals surface area contributed by atoms with Crippen LogP contribution in [0.1, 0.15) is 25.0 Å². The van der Waals surface area contributed by atoms with E-state index in [2.05, 4.69) is 10.6 Å². The molecule has 6 heteroatoms. The molecule has 0 aromatic heterocycles. The van der Waals surface area contributed by atoms with E-state index in [-0.39, 0.29) is 17.5 Å². The van der Waals surface area contributed by atoms with Gasteiger partial charge in [-0.1, -0.05) is 30.0 Å². The van der Waals surface area contributed by atoms with Crippen molar-refractivity contribution in [2.24, 2.45) is 0 Å². The first-order valence-electron chi connectivity index (χ1n) is 8.81. The van der Waals surface area contributed by atoms with E-state index >= 15 is 0 Å². The highest BCUT2D eigenvalue weighted by Gasteiger charge is 2.27. The van der Waals surface area contributed by atoms with Crippen molar-refractivity contribution in [3.63, 3.8) is 0 Å². The van der Waals surface area contributed by atoms with Gasteiger partial charge in [-0.3, -0.25) is 4.79 Å². The number of ether oxygens (including phenoxy) is 2. The van der Waals surface area contributed by atoms with Crippen molar-refractivity contribution >= 4 is 29.4 Å². The summed E-state index contributed by atoms with van der Waals surface area (Å²) < 4.78 is 11.0. The minimum absolute atomic E-state index is 0.0911. The predicted octanol–water partition coefficient (Wildman–Crippen LogP) is 4.39. The Labute approximate surface area is 164 Å². The number of carbonyl (C=O) groups is 1. The number of nitrogens with one attached hydrogen (secondary N) is 2. The molecule has 1 fully saturated rings. The Morgan fingerprint density at radius 3 is 2.59 bits per heavy atom. The Bertz CT molecular complexity index is 847. The van der Waals surface area contributed by atoms with Gasteiger partial charge in [0, 0.05) is 0 Å². The lowest BCUT2D eigenvalue weighted by Gasteiger charge is -2.16. The highest BCUT2D eigenvalue weighted by atomic mass is 32.2. The molecule has 1 unspecified atom stereocenters. The average molecular weight is 385 g/mol. The Morgan fingerprint density at radius 2 is 1.93 bits per heavy atom. The van der Waals surface area contributed by atoms with Gasteiger partial charge in [0.15, 0.2) is 5.50 Å². The van der Waals surface area contributed by atoms with Crippen LogP contribution in [0.25, 0.3) is 6.08 Å². The summed E-state index contributed by atoms with van der Waals surface area (Å²) in [5, 5.41) is 6.27. The van der Waals surface area contributed by atoms with Crippen molar-refractivity contribution in [2.75, 3.05) is 12.4 Å². The highest BCUT2D eigenvalue weighted by molar-refractivity contribution is 8.05. The topological polar surface area (TPSA) is 59.6 Å². The molecule has 1 heterocycles. The first kappa shape index (κ1) is 19.2. The van der Waals surface area contributed by atoms with Gasteiger partial charge in [0.05, 0.1) is 23.8 Å². The molecule has 27 heavy (non-hydrogen) atoms. The first-order valence-corrected chi connectivity index (χ1v) is 9.69. The van der Waals surface area contributed by atoms with E-state index in [1.54, 1.807) is 7.11 Å². The molecule has 0 saturated carbocycles. The van der Waals surface area contributed by atoms with Crippen LogP contribution in [0.2, 0.25) is 0 Å². The number of carbonyl (C=O) groups excluding carboxylic acids is 1. The van der Waals surface area contributed by atoms with Crippen molar-refractivity contribution < 1.29 is 14.3 Å². The second-order valence-electron chi connectivity index (χ2n) is 6.56.